The van der Waals surface area contributed by atoms with Gasteiger partial charge in [0.2, 0.25) is 5.91 Å². The van der Waals surface area contributed by atoms with E-state index >= 15 is 0 Å². The summed E-state index contributed by atoms with van der Waals surface area (Å²) < 4.78 is 3.33. The van der Waals surface area contributed by atoms with Crippen molar-refractivity contribution in [1.82, 2.24) is 14.6 Å². The zero-order valence-corrected chi connectivity index (χ0v) is 18.7. The number of aromatic nitrogens is 3. The highest BCUT2D eigenvalue weighted by Crippen LogP contribution is 2.34. The predicted molar refractivity (Wildman–Crippen MR) is 122 cm³/mol. The fourth-order valence-corrected chi connectivity index (χ4v) is 5.36. The van der Waals surface area contributed by atoms with Crippen molar-refractivity contribution in [2.24, 2.45) is 0 Å². The van der Waals surface area contributed by atoms with Gasteiger partial charge >= 0.3 is 0 Å². The molecule has 1 atom stereocenters. The molecule has 0 saturated carbocycles. The molecule has 1 amide bonds. The van der Waals surface area contributed by atoms with Crippen LogP contribution < -0.4 is 5.32 Å². The van der Waals surface area contributed by atoms with Crippen LogP contribution in [0.2, 0.25) is 0 Å². The topological polar surface area (TPSA) is 59.3 Å². The highest BCUT2D eigenvalue weighted by atomic mass is 32.2. The normalized spacial score (nSPS) is 12.6. The van der Waals surface area contributed by atoms with Crippen LogP contribution in [-0.2, 0) is 11.2 Å². The van der Waals surface area contributed by atoms with E-state index in [1.807, 2.05) is 32.9 Å². The molecule has 150 valence electrons. The zero-order chi connectivity index (χ0) is 20.5. The number of nitrogens with zero attached hydrogens (tertiary/aromatic N) is 3. The van der Waals surface area contributed by atoms with Crippen LogP contribution in [0.15, 0.2) is 40.7 Å². The van der Waals surface area contributed by atoms with Gasteiger partial charge in [-0.3, -0.25) is 9.20 Å². The molecule has 0 aliphatic rings. The number of fused-ring (bicyclic) bond motifs is 3. The molecule has 0 spiro atoms. The minimum atomic E-state index is -0.243. The maximum Gasteiger partial charge on any atom is 0.237 e. The Morgan fingerprint density at radius 1 is 1.21 bits per heavy atom. The lowest BCUT2D eigenvalue weighted by atomic mass is 10.1. The van der Waals surface area contributed by atoms with Crippen LogP contribution in [0.5, 0.6) is 0 Å². The number of rotatable bonds is 6. The molecular formula is C22H24N4OS2. The van der Waals surface area contributed by atoms with Crippen molar-refractivity contribution in [1.29, 1.82) is 0 Å². The van der Waals surface area contributed by atoms with E-state index in [4.69, 9.17) is 0 Å². The first kappa shape index (κ1) is 19.9. The van der Waals surface area contributed by atoms with E-state index in [-0.39, 0.29) is 11.2 Å². The molecule has 0 radical (unpaired) electrons. The van der Waals surface area contributed by atoms with Crippen LogP contribution in [0, 0.1) is 13.8 Å². The molecule has 3 aromatic heterocycles. The molecule has 7 heteroatoms. The second kappa shape index (κ2) is 8.16. The van der Waals surface area contributed by atoms with E-state index in [9.17, 15) is 4.79 Å². The van der Waals surface area contributed by atoms with Crippen molar-refractivity contribution in [2.75, 3.05) is 5.32 Å². The van der Waals surface area contributed by atoms with Gasteiger partial charge in [0.1, 0.15) is 10.9 Å². The van der Waals surface area contributed by atoms with Crippen molar-refractivity contribution < 1.29 is 4.79 Å². The minimum Gasteiger partial charge on any atom is -0.325 e. The SMILES string of the molecule is CCc1cccc(C)c1NC(=O)C(CC)Sc1nnc(C)n2c1cc1sccc12. The van der Waals surface area contributed by atoms with Crippen molar-refractivity contribution in [2.45, 2.75) is 50.8 Å². The minimum absolute atomic E-state index is 0.00962. The smallest absolute Gasteiger partial charge is 0.237 e. The number of aryl methyl sites for hydroxylation is 3. The first-order valence-corrected chi connectivity index (χ1v) is 11.6. The second-order valence-electron chi connectivity index (χ2n) is 7.05. The first-order valence-electron chi connectivity index (χ1n) is 9.81. The Morgan fingerprint density at radius 2 is 2.03 bits per heavy atom. The summed E-state index contributed by atoms with van der Waals surface area (Å²) in [7, 11) is 0. The van der Waals surface area contributed by atoms with Crippen LogP contribution in [0.4, 0.5) is 5.69 Å². The van der Waals surface area contributed by atoms with E-state index < -0.39 is 0 Å². The van der Waals surface area contributed by atoms with Gasteiger partial charge in [0.25, 0.3) is 0 Å². The molecule has 0 fully saturated rings. The number of carbonyl (C=O) groups is 1. The number of nitrogens with one attached hydrogen (secondary N) is 1. The van der Waals surface area contributed by atoms with Gasteiger partial charge in [-0.2, -0.15) is 0 Å². The lowest BCUT2D eigenvalue weighted by Crippen LogP contribution is -2.26. The maximum atomic E-state index is 13.1. The van der Waals surface area contributed by atoms with E-state index in [0.29, 0.717) is 6.42 Å². The monoisotopic (exact) mass is 424 g/mol. The number of para-hydroxylation sites is 1. The largest absolute Gasteiger partial charge is 0.325 e. The summed E-state index contributed by atoms with van der Waals surface area (Å²) in [4.78, 5) is 13.1. The number of thioether (sulfide) groups is 1. The number of amides is 1. The molecule has 4 rings (SSSR count). The Morgan fingerprint density at radius 3 is 2.79 bits per heavy atom. The summed E-state index contributed by atoms with van der Waals surface area (Å²) >= 11 is 3.19. The lowest BCUT2D eigenvalue weighted by Gasteiger charge is -2.18. The summed E-state index contributed by atoms with van der Waals surface area (Å²) in [6.45, 7) is 8.13. The molecule has 4 aromatic rings. The summed E-state index contributed by atoms with van der Waals surface area (Å²) in [5.74, 6) is 0.859. The third-order valence-electron chi connectivity index (χ3n) is 5.16. The quantitative estimate of drug-likeness (QED) is 0.407. The fourth-order valence-electron chi connectivity index (χ4n) is 3.59. The molecule has 29 heavy (non-hydrogen) atoms. The number of thiophene rings is 1. The number of benzene rings is 1. The number of carbonyl (C=O) groups excluding carboxylic acids is 1. The average Bonchev–Trinajstić information content (AvgIpc) is 3.30. The predicted octanol–water partition coefficient (Wildman–Crippen LogP) is 5.63. The van der Waals surface area contributed by atoms with E-state index in [1.165, 1.54) is 16.5 Å². The highest BCUT2D eigenvalue weighted by Gasteiger charge is 2.23. The molecule has 3 heterocycles. The zero-order valence-electron chi connectivity index (χ0n) is 17.0. The molecule has 1 unspecified atom stereocenters. The Bertz CT molecular complexity index is 1190. The van der Waals surface area contributed by atoms with Gasteiger partial charge in [-0.25, -0.2) is 0 Å². The summed E-state index contributed by atoms with van der Waals surface area (Å²) in [6.07, 6.45) is 1.59. The van der Waals surface area contributed by atoms with Gasteiger partial charge in [0.05, 0.1) is 21.0 Å². The molecule has 0 aliphatic heterocycles. The lowest BCUT2D eigenvalue weighted by molar-refractivity contribution is -0.115. The molecular weight excluding hydrogens is 400 g/mol. The third-order valence-corrected chi connectivity index (χ3v) is 7.36. The molecule has 1 aromatic carbocycles. The number of anilines is 1. The molecule has 5 nitrogen and oxygen atoms in total. The van der Waals surface area contributed by atoms with E-state index in [2.05, 4.69) is 50.4 Å². The van der Waals surface area contributed by atoms with Gasteiger partial charge < -0.3 is 5.32 Å². The maximum absolute atomic E-state index is 13.1. The fraction of sp³-hybridized carbons (Fsp3) is 0.318. The van der Waals surface area contributed by atoms with Crippen molar-refractivity contribution in [3.63, 3.8) is 0 Å². The van der Waals surface area contributed by atoms with Crippen LogP contribution in [0.1, 0.15) is 37.2 Å². The Labute approximate surface area is 178 Å². The highest BCUT2D eigenvalue weighted by molar-refractivity contribution is 8.00. The number of hydrogen-bond donors (Lipinski definition) is 1. The van der Waals surface area contributed by atoms with Gasteiger partial charge in [0, 0.05) is 5.69 Å². The average molecular weight is 425 g/mol. The summed E-state index contributed by atoms with van der Waals surface area (Å²) in [5, 5.41) is 14.6. The van der Waals surface area contributed by atoms with Crippen molar-refractivity contribution in [3.8, 4) is 0 Å². The Hall–Kier alpha value is -2.38. The molecule has 0 bridgehead atoms. The van der Waals surface area contributed by atoms with E-state index in [0.717, 1.165) is 45.1 Å². The van der Waals surface area contributed by atoms with Crippen LogP contribution in [0.3, 0.4) is 0 Å². The van der Waals surface area contributed by atoms with E-state index in [1.54, 1.807) is 11.3 Å². The Kier molecular flexibility index (Phi) is 5.61. The second-order valence-corrected chi connectivity index (χ2v) is 9.19. The third kappa shape index (κ3) is 3.65. The van der Waals surface area contributed by atoms with Crippen molar-refractivity contribution >= 4 is 50.4 Å². The van der Waals surface area contributed by atoms with Gasteiger partial charge in [-0.1, -0.05) is 43.8 Å². The molecule has 0 saturated heterocycles. The first-order chi connectivity index (χ1) is 14.0. The Balaban J connectivity index is 1.64. The van der Waals surface area contributed by atoms with Crippen LogP contribution >= 0.6 is 23.1 Å². The van der Waals surface area contributed by atoms with Crippen LogP contribution in [0.25, 0.3) is 15.7 Å². The standard InChI is InChI=1S/C22H24N4OS2/c1-5-15-9-7-8-13(3)20(15)23-21(27)18(6-2)29-22-17-12-19-16(10-11-28-19)26(17)14(4)24-25-22/h7-12,18H,5-6H2,1-4H3,(H,23,27). The molecule has 1 N–H and O–H groups in total. The summed E-state index contributed by atoms with van der Waals surface area (Å²) in [6, 6.07) is 10.4. The number of hydrogen-bond acceptors (Lipinski definition) is 5. The van der Waals surface area contributed by atoms with Gasteiger partial charge in [-0.05, 0) is 55.3 Å². The van der Waals surface area contributed by atoms with Gasteiger partial charge in [0.15, 0.2) is 0 Å². The van der Waals surface area contributed by atoms with Crippen molar-refractivity contribution in [3.05, 3.63) is 52.7 Å². The van der Waals surface area contributed by atoms with Gasteiger partial charge in [-0.15, -0.1) is 21.5 Å². The summed E-state index contributed by atoms with van der Waals surface area (Å²) in [5.41, 5.74) is 5.33. The van der Waals surface area contributed by atoms with Crippen LogP contribution in [-0.4, -0.2) is 25.8 Å². The molecule has 0 aliphatic carbocycles.